The van der Waals surface area contributed by atoms with E-state index in [4.69, 9.17) is 11.5 Å². The van der Waals surface area contributed by atoms with E-state index in [1.165, 1.54) is 0 Å². The molecule has 6 heteroatoms. The summed E-state index contributed by atoms with van der Waals surface area (Å²) in [6.07, 6.45) is 3.62. The molecule has 5 nitrogen and oxygen atoms in total. The smallest absolute Gasteiger partial charge is 0.186 e. The van der Waals surface area contributed by atoms with E-state index < -0.39 is 0 Å². The van der Waals surface area contributed by atoms with Crippen LogP contribution in [-0.4, -0.2) is 15.7 Å². The van der Waals surface area contributed by atoms with Crippen LogP contribution in [0.25, 0.3) is 5.69 Å². The van der Waals surface area contributed by atoms with Crippen molar-refractivity contribution in [3.63, 3.8) is 0 Å². The number of aliphatic imine (C=N–C) groups is 1. The number of para-hydroxylation sites is 1. The molecule has 0 bridgehead atoms. The molecule has 0 radical (unpaired) electrons. The highest BCUT2D eigenvalue weighted by molar-refractivity contribution is 14.0. The Morgan fingerprint density at radius 3 is 2.65 bits per heavy atom. The van der Waals surface area contributed by atoms with Crippen molar-refractivity contribution < 1.29 is 0 Å². The van der Waals surface area contributed by atoms with Crippen molar-refractivity contribution >= 4 is 29.9 Å². The van der Waals surface area contributed by atoms with Gasteiger partial charge in [-0.25, -0.2) is 9.67 Å². The molecule has 0 saturated heterocycles. The first kappa shape index (κ1) is 13.5. The molecule has 0 aliphatic carbocycles. The van der Waals surface area contributed by atoms with E-state index in [9.17, 15) is 0 Å². The largest absolute Gasteiger partial charge is 0.370 e. The first-order chi connectivity index (χ1) is 7.77. The highest BCUT2D eigenvalue weighted by Gasteiger charge is 2.02. The number of hydrogen-bond acceptors (Lipinski definition) is 2. The molecule has 1 aromatic heterocycles. The average Bonchev–Trinajstić information content (AvgIpc) is 2.80. The monoisotopic (exact) mass is 343 g/mol. The zero-order chi connectivity index (χ0) is 11.4. The third-order valence-electron chi connectivity index (χ3n) is 2.17. The summed E-state index contributed by atoms with van der Waals surface area (Å²) in [7, 11) is 0. The molecule has 0 spiro atoms. The summed E-state index contributed by atoms with van der Waals surface area (Å²) in [5, 5.41) is 4.18. The van der Waals surface area contributed by atoms with Gasteiger partial charge in [-0.05, 0) is 17.7 Å². The first-order valence-corrected chi connectivity index (χ1v) is 4.90. The lowest BCUT2D eigenvalue weighted by atomic mass is 10.2. The van der Waals surface area contributed by atoms with E-state index in [-0.39, 0.29) is 29.9 Å². The SMILES string of the molecule is I.NC(N)=NCc1ccccc1-n1cccn1. The Morgan fingerprint density at radius 1 is 1.24 bits per heavy atom. The predicted octanol–water partition coefficient (Wildman–Crippen LogP) is 1.26. The standard InChI is InChI=1S/C11H13N5.HI/c12-11(13)14-8-9-4-1-2-5-10(9)16-7-3-6-15-16;/h1-7H,8H2,(H4,12,13,14);1H. The van der Waals surface area contributed by atoms with Crippen molar-refractivity contribution in [1.82, 2.24) is 9.78 Å². The Morgan fingerprint density at radius 2 is 2.00 bits per heavy atom. The van der Waals surface area contributed by atoms with Crippen LogP contribution in [0.4, 0.5) is 0 Å². The van der Waals surface area contributed by atoms with E-state index in [1.807, 2.05) is 36.5 Å². The second kappa shape index (κ2) is 6.24. The van der Waals surface area contributed by atoms with Crippen molar-refractivity contribution in [1.29, 1.82) is 0 Å². The summed E-state index contributed by atoms with van der Waals surface area (Å²) in [6, 6.07) is 9.73. The quantitative estimate of drug-likeness (QED) is 0.500. The Balaban J connectivity index is 0.00000144. The van der Waals surface area contributed by atoms with Gasteiger partial charge in [0.15, 0.2) is 5.96 Å². The number of rotatable bonds is 3. The lowest BCUT2D eigenvalue weighted by Gasteiger charge is -2.07. The summed E-state index contributed by atoms with van der Waals surface area (Å²) in [5.41, 5.74) is 12.6. The minimum Gasteiger partial charge on any atom is -0.370 e. The second-order valence-electron chi connectivity index (χ2n) is 3.32. The van der Waals surface area contributed by atoms with Crippen LogP contribution in [-0.2, 0) is 6.54 Å². The molecule has 0 aliphatic heterocycles. The molecular formula is C11H14IN5. The molecular weight excluding hydrogens is 329 g/mol. The summed E-state index contributed by atoms with van der Waals surface area (Å²) in [4.78, 5) is 4.00. The molecule has 0 amide bonds. The van der Waals surface area contributed by atoms with Gasteiger partial charge in [-0.15, -0.1) is 24.0 Å². The third-order valence-corrected chi connectivity index (χ3v) is 2.17. The Kier molecular flexibility index (Phi) is 4.95. The van der Waals surface area contributed by atoms with Crippen molar-refractivity contribution in [3.05, 3.63) is 48.3 Å². The highest BCUT2D eigenvalue weighted by Crippen LogP contribution is 2.14. The fourth-order valence-electron chi connectivity index (χ4n) is 1.46. The van der Waals surface area contributed by atoms with Crippen LogP contribution in [0.2, 0.25) is 0 Å². The average molecular weight is 343 g/mol. The number of nitrogens with two attached hydrogens (primary N) is 2. The van der Waals surface area contributed by atoms with E-state index in [0.29, 0.717) is 6.54 Å². The van der Waals surface area contributed by atoms with E-state index >= 15 is 0 Å². The predicted molar refractivity (Wildman–Crippen MR) is 78.5 cm³/mol. The Hall–Kier alpha value is -1.57. The van der Waals surface area contributed by atoms with Gasteiger partial charge in [-0.1, -0.05) is 18.2 Å². The van der Waals surface area contributed by atoms with E-state index in [1.54, 1.807) is 10.9 Å². The number of guanidine groups is 1. The molecule has 0 unspecified atom stereocenters. The van der Waals surface area contributed by atoms with Crippen LogP contribution in [0.15, 0.2) is 47.7 Å². The maximum Gasteiger partial charge on any atom is 0.186 e. The lowest BCUT2D eigenvalue weighted by Crippen LogP contribution is -2.22. The van der Waals surface area contributed by atoms with Gasteiger partial charge in [-0.3, -0.25) is 0 Å². The normalized spacial score (nSPS) is 9.41. The number of hydrogen-bond donors (Lipinski definition) is 2. The summed E-state index contributed by atoms with van der Waals surface area (Å²) in [6.45, 7) is 0.457. The van der Waals surface area contributed by atoms with Gasteiger partial charge in [0.1, 0.15) is 0 Å². The Labute approximate surface area is 117 Å². The molecule has 90 valence electrons. The molecule has 17 heavy (non-hydrogen) atoms. The molecule has 4 N–H and O–H groups in total. The van der Waals surface area contributed by atoms with Gasteiger partial charge >= 0.3 is 0 Å². The molecule has 1 heterocycles. The molecule has 2 rings (SSSR count). The zero-order valence-electron chi connectivity index (χ0n) is 9.15. The summed E-state index contributed by atoms with van der Waals surface area (Å²) < 4.78 is 1.79. The second-order valence-corrected chi connectivity index (χ2v) is 3.32. The Bertz CT molecular complexity index is 488. The molecule has 0 aliphatic rings. The van der Waals surface area contributed by atoms with Gasteiger partial charge in [0.25, 0.3) is 0 Å². The van der Waals surface area contributed by atoms with Crippen LogP contribution >= 0.6 is 24.0 Å². The highest BCUT2D eigenvalue weighted by atomic mass is 127. The maximum absolute atomic E-state index is 5.31. The number of halogens is 1. The van der Waals surface area contributed by atoms with Crippen LogP contribution in [0, 0.1) is 0 Å². The van der Waals surface area contributed by atoms with Crippen LogP contribution in [0.3, 0.4) is 0 Å². The van der Waals surface area contributed by atoms with E-state index in [2.05, 4.69) is 10.1 Å². The zero-order valence-corrected chi connectivity index (χ0v) is 11.5. The summed E-state index contributed by atoms with van der Waals surface area (Å²) >= 11 is 0. The van der Waals surface area contributed by atoms with E-state index in [0.717, 1.165) is 11.3 Å². The van der Waals surface area contributed by atoms with Gasteiger partial charge < -0.3 is 11.5 Å². The number of nitrogens with zero attached hydrogens (tertiary/aromatic N) is 3. The minimum absolute atomic E-state index is 0. The van der Waals surface area contributed by atoms with Crippen LogP contribution < -0.4 is 11.5 Å². The molecule has 0 saturated carbocycles. The topological polar surface area (TPSA) is 82.2 Å². The molecule has 1 aromatic carbocycles. The number of aromatic nitrogens is 2. The lowest BCUT2D eigenvalue weighted by molar-refractivity contribution is 0.858. The van der Waals surface area contributed by atoms with Crippen molar-refractivity contribution in [3.8, 4) is 5.69 Å². The fraction of sp³-hybridized carbons (Fsp3) is 0.0909. The van der Waals surface area contributed by atoms with Gasteiger partial charge in [0.05, 0.1) is 12.2 Å². The molecule has 0 atom stereocenters. The third kappa shape index (κ3) is 3.45. The van der Waals surface area contributed by atoms with Gasteiger partial charge in [0.2, 0.25) is 0 Å². The van der Waals surface area contributed by atoms with Crippen molar-refractivity contribution in [2.45, 2.75) is 6.54 Å². The maximum atomic E-state index is 5.31. The van der Waals surface area contributed by atoms with Crippen molar-refractivity contribution in [2.75, 3.05) is 0 Å². The fourth-order valence-corrected chi connectivity index (χ4v) is 1.46. The van der Waals surface area contributed by atoms with Crippen LogP contribution in [0.5, 0.6) is 0 Å². The number of benzene rings is 1. The van der Waals surface area contributed by atoms with Gasteiger partial charge in [-0.2, -0.15) is 5.10 Å². The summed E-state index contributed by atoms with van der Waals surface area (Å²) in [5.74, 6) is 0.0928. The van der Waals surface area contributed by atoms with Crippen LogP contribution in [0.1, 0.15) is 5.56 Å². The first-order valence-electron chi connectivity index (χ1n) is 4.90. The van der Waals surface area contributed by atoms with Crippen molar-refractivity contribution in [2.24, 2.45) is 16.5 Å². The van der Waals surface area contributed by atoms with Gasteiger partial charge in [0, 0.05) is 12.4 Å². The minimum atomic E-state index is 0. The molecule has 2 aromatic rings. The molecule has 0 fully saturated rings.